The molecule has 26 heavy (non-hydrogen) atoms. The fourth-order valence-electron chi connectivity index (χ4n) is 2.23. The zero-order valence-electron chi connectivity index (χ0n) is 13.9. The molecule has 2 rings (SSSR count). The third-order valence-corrected chi connectivity index (χ3v) is 3.50. The monoisotopic (exact) mass is 352 g/mol. The Bertz CT molecular complexity index is 851. The molecule has 0 spiro atoms. The summed E-state index contributed by atoms with van der Waals surface area (Å²) in [7, 11) is 0. The van der Waals surface area contributed by atoms with Crippen LogP contribution < -0.4 is 10.1 Å². The highest BCUT2D eigenvalue weighted by atomic mass is 16.5. The van der Waals surface area contributed by atoms with Gasteiger partial charge in [0.1, 0.15) is 11.8 Å². The lowest BCUT2D eigenvalue weighted by molar-refractivity contribution is -0.139. The highest BCUT2D eigenvalue weighted by Gasteiger charge is 2.21. The first-order valence-electron chi connectivity index (χ1n) is 7.70. The molecule has 0 saturated carbocycles. The zero-order chi connectivity index (χ0) is 19.1. The third kappa shape index (κ3) is 5.18. The maximum Gasteiger partial charge on any atom is 0.326 e. The van der Waals surface area contributed by atoms with Crippen molar-refractivity contribution in [3.05, 3.63) is 65.2 Å². The van der Waals surface area contributed by atoms with Gasteiger partial charge < -0.3 is 15.2 Å². The van der Waals surface area contributed by atoms with Crippen molar-refractivity contribution in [2.45, 2.75) is 19.4 Å². The van der Waals surface area contributed by atoms with E-state index in [2.05, 4.69) is 5.32 Å². The van der Waals surface area contributed by atoms with Gasteiger partial charge in [-0.25, -0.2) is 4.79 Å². The van der Waals surface area contributed by atoms with E-state index in [4.69, 9.17) is 10.00 Å². The number of amides is 1. The van der Waals surface area contributed by atoms with Crippen LogP contribution in [0.2, 0.25) is 0 Å². The van der Waals surface area contributed by atoms with E-state index in [1.54, 1.807) is 24.3 Å². The smallest absolute Gasteiger partial charge is 0.326 e. The molecule has 0 unspecified atom stereocenters. The van der Waals surface area contributed by atoms with Crippen molar-refractivity contribution < 1.29 is 24.2 Å². The van der Waals surface area contributed by atoms with Gasteiger partial charge in [-0.05, 0) is 42.0 Å². The number of ether oxygens (including phenoxy) is 1. The number of nitrogens with zero attached hydrogens (tertiary/aromatic N) is 1. The molecule has 132 valence electrons. The van der Waals surface area contributed by atoms with Crippen molar-refractivity contribution in [2.75, 3.05) is 0 Å². The van der Waals surface area contributed by atoms with Crippen LogP contribution in [0.15, 0.2) is 48.5 Å². The minimum absolute atomic E-state index is 0.0817. The molecular formula is C19H16N2O5. The second-order valence-corrected chi connectivity index (χ2v) is 5.50. The number of benzene rings is 2. The minimum atomic E-state index is -1.17. The van der Waals surface area contributed by atoms with E-state index in [0.717, 1.165) is 0 Å². The van der Waals surface area contributed by atoms with E-state index >= 15 is 0 Å². The predicted octanol–water partition coefficient (Wildman–Crippen LogP) is 1.91. The molecule has 7 heteroatoms. The Balaban J connectivity index is 2.06. The fraction of sp³-hybridized carbons (Fsp3) is 0.158. The number of nitrogens with one attached hydrogen (secondary N) is 1. The zero-order valence-corrected chi connectivity index (χ0v) is 13.9. The Labute approximate surface area is 149 Å². The molecule has 1 atom stereocenters. The van der Waals surface area contributed by atoms with Gasteiger partial charge in [-0.1, -0.05) is 12.1 Å². The van der Waals surface area contributed by atoms with Crippen LogP contribution in [0.4, 0.5) is 0 Å². The van der Waals surface area contributed by atoms with Crippen molar-refractivity contribution in [2.24, 2.45) is 0 Å². The summed E-state index contributed by atoms with van der Waals surface area (Å²) in [6.07, 6.45) is 0.0817. The van der Waals surface area contributed by atoms with Crippen LogP contribution in [0, 0.1) is 11.3 Å². The van der Waals surface area contributed by atoms with Crippen LogP contribution >= 0.6 is 0 Å². The molecule has 0 fully saturated rings. The van der Waals surface area contributed by atoms with Crippen LogP contribution in [0.1, 0.15) is 28.4 Å². The Morgan fingerprint density at radius 2 is 1.73 bits per heavy atom. The maximum absolute atomic E-state index is 12.3. The molecule has 0 bridgehead atoms. The Kier molecular flexibility index (Phi) is 6.06. The number of hydrogen-bond acceptors (Lipinski definition) is 5. The van der Waals surface area contributed by atoms with Gasteiger partial charge in [0.05, 0.1) is 11.6 Å². The van der Waals surface area contributed by atoms with E-state index < -0.39 is 23.9 Å². The number of rotatable bonds is 6. The highest BCUT2D eigenvalue weighted by Crippen LogP contribution is 2.13. The highest BCUT2D eigenvalue weighted by molar-refractivity contribution is 5.96. The van der Waals surface area contributed by atoms with E-state index in [-0.39, 0.29) is 12.0 Å². The standard InChI is InChI=1S/C19H16N2O5/c1-12(22)26-16-8-6-15(7-9-16)18(23)21-17(19(24)25)10-13-2-4-14(11-20)5-3-13/h2-9,17H,10H2,1H3,(H,21,23)(H,24,25)/t17-/m1/s1. The molecule has 0 aliphatic carbocycles. The van der Waals surface area contributed by atoms with E-state index in [9.17, 15) is 19.5 Å². The normalized spacial score (nSPS) is 11.1. The largest absolute Gasteiger partial charge is 0.480 e. The molecule has 7 nitrogen and oxygen atoms in total. The molecule has 2 aromatic carbocycles. The van der Waals surface area contributed by atoms with E-state index in [1.807, 2.05) is 6.07 Å². The first kappa shape index (κ1) is 18.7. The van der Waals surface area contributed by atoms with E-state index in [1.165, 1.54) is 31.2 Å². The lowest BCUT2D eigenvalue weighted by Crippen LogP contribution is -2.42. The first-order chi connectivity index (χ1) is 12.4. The van der Waals surface area contributed by atoms with Crippen LogP contribution in [0.25, 0.3) is 0 Å². The fourth-order valence-corrected chi connectivity index (χ4v) is 2.23. The lowest BCUT2D eigenvalue weighted by atomic mass is 10.0. The van der Waals surface area contributed by atoms with Gasteiger partial charge in [0.15, 0.2) is 0 Å². The van der Waals surface area contributed by atoms with Crippen LogP contribution in [0.3, 0.4) is 0 Å². The predicted molar refractivity (Wildman–Crippen MR) is 91.5 cm³/mol. The van der Waals surface area contributed by atoms with Crippen molar-refractivity contribution in [3.63, 3.8) is 0 Å². The second-order valence-electron chi connectivity index (χ2n) is 5.50. The first-order valence-corrected chi connectivity index (χ1v) is 7.70. The number of nitriles is 1. The van der Waals surface area contributed by atoms with Crippen LogP contribution in [-0.4, -0.2) is 29.0 Å². The number of aliphatic carboxylic acids is 1. The third-order valence-electron chi connectivity index (χ3n) is 3.50. The van der Waals surface area contributed by atoms with Crippen molar-refractivity contribution >= 4 is 17.8 Å². The van der Waals surface area contributed by atoms with Gasteiger partial charge in [0.25, 0.3) is 5.91 Å². The molecule has 1 amide bonds. The van der Waals surface area contributed by atoms with Crippen molar-refractivity contribution in [1.29, 1.82) is 5.26 Å². The molecule has 0 aromatic heterocycles. The number of carbonyl (C=O) groups excluding carboxylic acids is 2. The molecule has 0 aliphatic rings. The number of hydrogen-bond donors (Lipinski definition) is 2. The topological polar surface area (TPSA) is 116 Å². The molecule has 2 aromatic rings. The molecule has 0 heterocycles. The molecule has 0 saturated heterocycles. The van der Waals surface area contributed by atoms with Crippen molar-refractivity contribution in [3.8, 4) is 11.8 Å². The summed E-state index contributed by atoms with van der Waals surface area (Å²) in [4.78, 5) is 34.6. The summed E-state index contributed by atoms with van der Waals surface area (Å²) >= 11 is 0. The number of carbonyl (C=O) groups is 3. The van der Waals surface area contributed by atoms with Crippen molar-refractivity contribution in [1.82, 2.24) is 5.32 Å². The Morgan fingerprint density at radius 1 is 1.12 bits per heavy atom. The molecule has 0 aliphatic heterocycles. The summed E-state index contributed by atoms with van der Waals surface area (Å²) in [6.45, 7) is 1.27. The van der Waals surface area contributed by atoms with Gasteiger partial charge in [-0.15, -0.1) is 0 Å². The average molecular weight is 352 g/mol. The van der Waals surface area contributed by atoms with Crippen LogP contribution in [-0.2, 0) is 16.0 Å². The van der Waals surface area contributed by atoms with Gasteiger partial charge in [-0.3, -0.25) is 9.59 Å². The summed E-state index contributed by atoms with van der Waals surface area (Å²) in [5, 5.41) is 20.6. The molecule has 2 N–H and O–H groups in total. The van der Waals surface area contributed by atoms with Gasteiger partial charge in [-0.2, -0.15) is 5.26 Å². The van der Waals surface area contributed by atoms with E-state index in [0.29, 0.717) is 16.9 Å². The number of esters is 1. The Morgan fingerprint density at radius 3 is 2.23 bits per heavy atom. The van der Waals surface area contributed by atoms with Gasteiger partial charge in [0.2, 0.25) is 0 Å². The van der Waals surface area contributed by atoms with Gasteiger partial charge in [0, 0.05) is 18.9 Å². The summed E-state index contributed by atoms with van der Waals surface area (Å²) in [5.74, 6) is -1.91. The molecule has 0 radical (unpaired) electrons. The maximum atomic E-state index is 12.3. The number of carboxylic acids is 1. The minimum Gasteiger partial charge on any atom is -0.480 e. The molecular weight excluding hydrogens is 336 g/mol. The second kappa shape index (κ2) is 8.44. The summed E-state index contributed by atoms with van der Waals surface area (Å²) in [5.41, 5.74) is 1.39. The van der Waals surface area contributed by atoms with Gasteiger partial charge >= 0.3 is 11.9 Å². The SMILES string of the molecule is CC(=O)Oc1ccc(C(=O)N[C@H](Cc2ccc(C#N)cc2)C(=O)O)cc1. The quantitative estimate of drug-likeness (QED) is 0.606. The lowest BCUT2D eigenvalue weighted by Gasteiger charge is -2.15. The summed E-state index contributed by atoms with van der Waals surface area (Å²) in [6, 6.07) is 13.1. The number of carboxylic acid groups (broad SMARTS) is 1. The summed E-state index contributed by atoms with van der Waals surface area (Å²) < 4.78 is 4.88. The Hall–Kier alpha value is -3.66. The van der Waals surface area contributed by atoms with Crippen LogP contribution in [0.5, 0.6) is 5.75 Å². The average Bonchev–Trinajstić information content (AvgIpc) is 2.61.